The molecule has 0 unspecified atom stereocenters. The lowest BCUT2D eigenvalue weighted by Gasteiger charge is -2.11. The molecule has 1 aromatic heterocycles. The van der Waals surface area contributed by atoms with Gasteiger partial charge in [0.1, 0.15) is 11.6 Å². The molecule has 3 aromatic rings. The molecule has 0 fully saturated rings. The van der Waals surface area contributed by atoms with Crippen LogP contribution in [0.4, 0.5) is 17.5 Å². The average Bonchev–Trinajstić information content (AvgIpc) is 2.75. The number of ether oxygens (including phenoxy) is 1. The Bertz CT molecular complexity index is 1010. The van der Waals surface area contributed by atoms with Gasteiger partial charge in [-0.1, -0.05) is 29.8 Å². The van der Waals surface area contributed by atoms with Crippen LogP contribution in [0.5, 0.6) is 5.75 Å². The second-order valence-electron chi connectivity index (χ2n) is 7.34. The minimum absolute atomic E-state index is 0.0373. The van der Waals surface area contributed by atoms with Crippen LogP contribution in [0.1, 0.15) is 23.2 Å². The summed E-state index contributed by atoms with van der Waals surface area (Å²) in [7, 11) is 1.64. The molecule has 0 aliphatic carbocycles. The molecule has 0 spiro atoms. The number of anilines is 3. The fourth-order valence-corrected chi connectivity index (χ4v) is 3.12. The number of carbonyl (C=O) groups excluding carboxylic acids is 1. The zero-order valence-corrected chi connectivity index (χ0v) is 18.2. The smallest absolute Gasteiger partial charge is 0.224 e. The van der Waals surface area contributed by atoms with E-state index in [4.69, 9.17) is 4.74 Å². The van der Waals surface area contributed by atoms with E-state index in [1.807, 2.05) is 43.3 Å². The summed E-state index contributed by atoms with van der Waals surface area (Å²) in [5.74, 6) is 2.05. The number of rotatable bonds is 10. The van der Waals surface area contributed by atoms with Gasteiger partial charge in [0.2, 0.25) is 11.9 Å². The maximum absolute atomic E-state index is 12.1. The third kappa shape index (κ3) is 7.29. The maximum atomic E-state index is 12.1. The Balaban J connectivity index is 1.44. The maximum Gasteiger partial charge on any atom is 0.224 e. The molecule has 7 heteroatoms. The zero-order valence-electron chi connectivity index (χ0n) is 18.2. The SMILES string of the molecule is COc1ccc(Nc2cc(C)nc(NCCNC(=O)CCc3cccc(C)c3)n2)cc1. The molecule has 7 nitrogen and oxygen atoms in total. The largest absolute Gasteiger partial charge is 0.497 e. The second-order valence-corrected chi connectivity index (χ2v) is 7.34. The first-order chi connectivity index (χ1) is 15.0. The van der Waals surface area contributed by atoms with Gasteiger partial charge in [-0.25, -0.2) is 4.98 Å². The summed E-state index contributed by atoms with van der Waals surface area (Å²) in [6.07, 6.45) is 1.21. The summed E-state index contributed by atoms with van der Waals surface area (Å²) >= 11 is 0. The second kappa shape index (κ2) is 11.0. The van der Waals surface area contributed by atoms with E-state index >= 15 is 0 Å². The molecule has 1 heterocycles. The lowest BCUT2D eigenvalue weighted by atomic mass is 10.1. The first-order valence-corrected chi connectivity index (χ1v) is 10.3. The standard InChI is InChI=1S/C24H29N5O2/c1-17-5-4-6-19(15-17)7-12-23(30)25-13-14-26-24-27-18(2)16-22(29-24)28-20-8-10-21(31-3)11-9-20/h4-6,8-11,15-16H,7,12-14H2,1-3H3,(H,25,30)(H2,26,27,28,29). The van der Waals surface area contributed by atoms with E-state index in [0.717, 1.165) is 23.6 Å². The molecule has 0 aliphatic heterocycles. The lowest BCUT2D eigenvalue weighted by Crippen LogP contribution is -2.29. The molecule has 162 valence electrons. The van der Waals surface area contributed by atoms with Gasteiger partial charge in [-0.05, 0) is 50.1 Å². The molecular formula is C24H29N5O2. The van der Waals surface area contributed by atoms with Crippen LogP contribution in [0.2, 0.25) is 0 Å². The van der Waals surface area contributed by atoms with Crippen molar-refractivity contribution in [2.45, 2.75) is 26.7 Å². The number of hydrogen-bond acceptors (Lipinski definition) is 6. The topological polar surface area (TPSA) is 88.2 Å². The molecule has 3 rings (SSSR count). The molecule has 0 aliphatic rings. The number of amides is 1. The molecule has 0 bridgehead atoms. The van der Waals surface area contributed by atoms with Crippen molar-refractivity contribution in [1.82, 2.24) is 15.3 Å². The molecule has 0 atom stereocenters. The number of hydrogen-bond donors (Lipinski definition) is 3. The highest BCUT2D eigenvalue weighted by Gasteiger charge is 2.05. The van der Waals surface area contributed by atoms with Crippen molar-refractivity contribution < 1.29 is 9.53 Å². The minimum atomic E-state index is 0.0373. The Morgan fingerprint density at radius 2 is 1.81 bits per heavy atom. The number of aromatic nitrogens is 2. The normalized spacial score (nSPS) is 10.4. The van der Waals surface area contributed by atoms with E-state index in [2.05, 4.69) is 51.0 Å². The van der Waals surface area contributed by atoms with Gasteiger partial charge in [-0.15, -0.1) is 0 Å². The number of methoxy groups -OCH3 is 1. The van der Waals surface area contributed by atoms with Gasteiger partial charge in [0.05, 0.1) is 7.11 Å². The fourth-order valence-electron chi connectivity index (χ4n) is 3.12. The zero-order chi connectivity index (χ0) is 22.1. The van der Waals surface area contributed by atoms with Gasteiger partial charge in [-0.2, -0.15) is 4.98 Å². The van der Waals surface area contributed by atoms with Crippen LogP contribution in [0.15, 0.2) is 54.6 Å². The van der Waals surface area contributed by atoms with Crippen LogP contribution in [-0.2, 0) is 11.2 Å². The fraction of sp³-hybridized carbons (Fsp3) is 0.292. The van der Waals surface area contributed by atoms with Gasteiger partial charge >= 0.3 is 0 Å². The average molecular weight is 420 g/mol. The molecule has 2 aromatic carbocycles. The van der Waals surface area contributed by atoms with Gasteiger partial charge in [0, 0.05) is 37.0 Å². The van der Waals surface area contributed by atoms with Crippen molar-refractivity contribution >= 4 is 23.4 Å². The summed E-state index contributed by atoms with van der Waals surface area (Å²) in [6.45, 7) is 5.02. The van der Waals surface area contributed by atoms with Crippen LogP contribution in [0.3, 0.4) is 0 Å². The third-order valence-electron chi connectivity index (χ3n) is 4.67. The quantitative estimate of drug-likeness (QED) is 0.431. The van der Waals surface area contributed by atoms with Crippen LogP contribution >= 0.6 is 0 Å². The molecule has 0 radical (unpaired) electrons. The van der Waals surface area contributed by atoms with Crippen LogP contribution < -0.4 is 20.7 Å². The number of nitrogens with one attached hydrogen (secondary N) is 3. The van der Waals surface area contributed by atoms with E-state index in [-0.39, 0.29) is 5.91 Å². The van der Waals surface area contributed by atoms with Gasteiger partial charge < -0.3 is 20.7 Å². The summed E-state index contributed by atoms with van der Waals surface area (Å²) in [4.78, 5) is 21.0. The van der Waals surface area contributed by atoms with Crippen molar-refractivity contribution in [2.24, 2.45) is 0 Å². The first-order valence-electron chi connectivity index (χ1n) is 10.3. The van der Waals surface area contributed by atoms with Crippen LogP contribution in [-0.4, -0.2) is 36.1 Å². The predicted octanol–water partition coefficient (Wildman–Crippen LogP) is 4.01. The van der Waals surface area contributed by atoms with Crippen molar-refractivity contribution in [3.05, 3.63) is 71.4 Å². The first kappa shape index (κ1) is 22.1. The molecular weight excluding hydrogens is 390 g/mol. The molecule has 0 saturated carbocycles. The molecule has 0 saturated heterocycles. The van der Waals surface area contributed by atoms with Crippen molar-refractivity contribution in [3.63, 3.8) is 0 Å². The third-order valence-corrected chi connectivity index (χ3v) is 4.67. The number of carbonyl (C=O) groups is 1. The van der Waals surface area contributed by atoms with Gasteiger partial charge in [0.15, 0.2) is 0 Å². The Labute approximate surface area is 183 Å². The predicted molar refractivity (Wildman–Crippen MR) is 124 cm³/mol. The van der Waals surface area contributed by atoms with E-state index in [1.54, 1.807) is 7.11 Å². The van der Waals surface area contributed by atoms with Crippen molar-refractivity contribution in [3.8, 4) is 5.75 Å². The summed E-state index contributed by atoms with van der Waals surface area (Å²) in [5.41, 5.74) is 4.14. The summed E-state index contributed by atoms with van der Waals surface area (Å²) in [5, 5.41) is 9.37. The lowest BCUT2D eigenvalue weighted by molar-refractivity contribution is -0.120. The highest BCUT2D eigenvalue weighted by molar-refractivity contribution is 5.76. The number of benzene rings is 2. The molecule has 1 amide bonds. The van der Waals surface area contributed by atoms with Crippen molar-refractivity contribution in [1.29, 1.82) is 0 Å². The van der Waals surface area contributed by atoms with E-state index in [0.29, 0.717) is 31.3 Å². The van der Waals surface area contributed by atoms with Crippen molar-refractivity contribution in [2.75, 3.05) is 30.8 Å². The van der Waals surface area contributed by atoms with Gasteiger partial charge in [-0.3, -0.25) is 4.79 Å². The monoisotopic (exact) mass is 419 g/mol. The number of aryl methyl sites for hydroxylation is 3. The summed E-state index contributed by atoms with van der Waals surface area (Å²) < 4.78 is 5.18. The summed E-state index contributed by atoms with van der Waals surface area (Å²) in [6, 6.07) is 17.7. The van der Waals surface area contributed by atoms with Crippen LogP contribution in [0.25, 0.3) is 0 Å². The Morgan fingerprint density at radius 3 is 2.55 bits per heavy atom. The molecule has 3 N–H and O–H groups in total. The number of nitrogens with zero attached hydrogens (tertiary/aromatic N) is 2. The Hall–Kier alpha value is -3.61. The van der Waals surface area contributed by atoms with Crippen LogP contribution in [0, 0.1) is 13.8 Å². The van der Waals surface area contributed by atoms with Gasteiger partial charge in [0.25, 0.3) is 0 Å². The van der Waals surface area contributed by atoms with E-state index in [1.165, 1.54) is 11.1 Å². The minimum Gasteiger partial charge on any atom is -0.497 e. The molecule has 31 heavy (non-hydrogen) atoms. The highest BCUT2D eigenvalue weighted by Crippen LogP contribution is 2.19. The Morgan fingerprint density at radius 1 is 1.00 bits per heavy atom. The van der Waals surface area contributed by atoms with E-state index < -0.39 is 0 Å². The van der Waals surface area contributed by atoms with E-state index in [9.17, 15) is 4.79 Å². The Kier molecular flexibility index (Phi) is 7.81. The highest BCUT2D eigenvalue weighted by atomic mass is 16.5.